The van der Waals surface area contributed by atoms with Gasteiger partial charge < -0.3 is 11.1 Å². The Labute approximate surface area is 127 Å². The fraction of sp³-hybridized carbons (Fsp3) is 0.875. The molecule has 2 rings (SSSR count). The molecule has 0 aromatic carbocycles. The van der Waals surface area contributed by atoms with Crippen LogP contribution in [0.1, 0.15) is 52.4 Å². The lowest BCUT2D eigenvalue weighted by atomic mass is 9.78. The van der Waals surface area contributed by atoms with Crippen LogP contribution in [-0.4, -0.2) is 41.9 Å². The van der Waals surface area contributed by atoms with Crippen molar-refractivity contribution in [2.75, 3.05) is 13.1 Å². The molecule has 1 saturated heterocycles. The zero-order valence-electron chi connectivity index (χ0n) is 13.3. The maximum atomic E-state index is 12.3. The van der Waals surface area contributed by atoms with Crippen LogP contribution >= 0.6 is 0 Å². The summed E-state index contributed by atoms with van der Waals surface area (Å²) in [5.74, 6) is 0.921. The molecule has 0 spiro atoms. The number of carbonyl (C=O) groups excluding carboxylic acids is 2. The Bertz CT molecular complexity index is 386. The summed E-state index contributed by atoms with van der Waals surface area (Å²) in [6.07, 6.45) is 6.33. The molecule has 2 amide bonds. The monoisotopic (exact) mass is 295 g/mol. The Kier molecular flexibility index (Phi) is 5.62. The molecule has 1 heterocycles. The van der Waals surface area contributed by atoms with Crippen molar-refractivity contribution >= 4 is 11.8 Å². The number of likely N-dealkylation sites (tertiary alicyclic amines) is 1. The Hall–Kier alpha value is -1.10. The first-order chi connectivity index (χ1) is 9.99. The van der Waals surface area contributed by atoms with E-state index in [0.29, 0.717) is 18.4 Å². The quantitative estimate of drug-likeness (QED) is 0.820. The van der Waals surface area contributed by atoms with Crippen molar-refractivity contribution in [2.45, 2.75) is 64.5 Å². The summed E-state index contributed by atoms with van der Waals surface area (Å²) in [5.41, 5.74) is 5.45. The van der Waals surface area contributed by atoms with Crippen LogP contribution in [-0.2, 0) is 9.59 Å². The molecule has 1 aliphatic carbocycles. The maximum absolute atomic E-state index is 12.3. The number of carbonyl (C=O) groups is 2. The molecule has 3 N–H and O–H groups in total. The number of nitrogens with one attached hydrogen (secondary N) is 1. The first kappa shape index (κ1) is 16.3. The fourth-order valence-electron chi connectivity index (χ4n) is 3.73. The minimum Gasteiger partial charge on any atom is -0.368 e. The summed E-state index contributed by atoms with van der Waals surface area (Å²) in [6.45, 7) is 5.57. The molecule has 0 radical (unpaired) electrons. The van der Waals surface area contributed by atoms with Crippen molar-refractivity contribution in [1.29, 1.82) is 0 Å². The minimum atomic E-state index is -0.304. The van der Waals surface area contributed by atoms with Crippen LogP contribution in [0, 0.1) is 11.8 Å². The van der Waals surface area contributed by atoms with Crippen molar-refractivity contribution in [1.82, 2.24) is 10.2 Å². The van der Waals surface area contributed by atoms with E-state index in [1.54, 1.807) is 0 Å². The van der Waals surface area contributed by atoms with Gasteiger partial charge >= 0.3 is 0 Å². The van der Waals surface area contributed by atoms with E-state index < -0.39 is 0 Å². The second kappa shape index (κ2) is 7.25. The predicted molar refractivity (Wildman–Crippen MR) is 82.5 cm³/mol. The first-order valence-electron chi connectivity index (χ1n) is 8.31. The van der Waals surface area contributed by atoms with Crippen molar-refractivity contribution < 1.29 is 9.59 Å². The van der Waals surface area contributed by atoms with Gasteiger partial charge in [0.15, 0.2) is 0 Å². The van der Waals surface area contributed by atoms with Crippen LogP contribution < -0.4 is 11.1 Å². The summed E-state index contributed by atoms with van der Waals surface area (Å²) in [4.78, 5) is 25.7. The van der Waals surface area contributed by atoms with Gasteiger partial charge in [-0.25, -0.2) is 0 Å². The van der Waals surface area contributed by atoms with Gasteiger partial charge in [-0.05, 0) is 37.6 Å². The molecule has 1 aliphatic heterocycles. The Morgan fingerprint density at radius 1 is 1.14 bits per heavy atom. The topological polar surface area (TPSA) is 75.4 Å². The number of hydrogen-bond donors (Lipinski definition) is 2. The maximum Gasteiger partial charge on any atom is 0.234 e. The van der Waals surface area contributed by atoms with E-state index in [1.807, 2.05) is 4.90 Å². The van der Waals surface area contributed by atoms with Gasteiger partial charge in [-0.2, -0.15) is 0 Å². The highest BCUT2D eigenvalue weighted by molar-refractivity contribution is 5.82. The van der Waals surface area contributed by atoms with Gasteiger partial charge in [-0.15, -0.1) is 0 Å². The summed E-state index contributed by atoms with van der Waals surface area (Å²) >= 11 is 0. The van der Waals surface area contributed by atoms with Crippen molar-refractivity contribution in [3.63, 3.8) is 0 Å². The summed E-state index contributed by atoms with van der Waals surface area (Å²) < 4.78 is 0. The van der Waals surface area contributed by atoms with Gasteiger partial charge in [0.1, 0.15) is 0 Å². The molecule has 120 valence electrons. The van der Waals surface area contributed by atoms with E-state index in [0.717, 1.165) is 32.2 Å². The highest BCUT2D eigenvalue weighted by atomic mass is 16.2. The fourth-order valence-corrected chi connectivity index (χ4v) is 3.73. The minimum absolute atomic E-state index is 0.0362. The van der Waals surface area contributed by atoms with Crippen LogP contribution in [0.5, 0.6) is 0 Å². The van der Waals surface area contributed by atoms with E-state index in [9.17, 15) is 9.59 Å². The smallest absolute Gasteiger partial charge is 0.234 e. The second-order valence-electron chi connectivity index (χ2n) is 6.83. The van der Waals surface area contributed by atoms with E-state index in [4.69, 9.17) is 5.73 Å². The van der Waals surface area contributed by atoms with Crippen LogP contribution in [0.15, 0.2) is 0 Å². The highest BCUT2D eigenvalue weighted by Gasteiger charge is 2.31. The molecule has 0 bridgehead atoms. The van der Waals surface area contributed by atoms with Gasteiger partial charge in [-0.1, -0.05) is 33.1 Å². The summed E-state index contributed by atoms with van der Waals surface area (Å²) in [5, 5.41) is 3.17. The van der Waals surface area contributed by atoms with Gasteiger partial charge in [0.25, 0.3) is 0 Å². The van der Waals surface area contributed by atoms with Crippen molar-refractivity contribution in [3.05, 3.63) is 0 Å². The molecular weight excluding hydrogens is 266 g/mol. The standard InChI is InChI=1S/C16H29N3O2/c1-11-6-5-7-13(12(11)2)18-15(20)10-19-9-4-3-8-14(19)16(17)21/h11-14H,3-10H2,1-2H3,(H2,17,21)(H,18,20)/t11-,12-,13+,14-/m1/s1. The third kappa shape index (κ3) is 4.19. The van der Waals surface area contributed by atoms with Crippen LogP contribution in [0.3, 0.4) is 0 Å². The van der Waals surface area contributed by atoms with E-state index >= 15 is 0 Å². The molecule has 5 heteroatoms. The third-order valence-electron chi connectivity index (χ3n) is 5.34. The third-order valence-corrected chi connectivity index (χ3v) is 5.34. The number of rotatable bonds is 4. The van der Waals surface area contributed by atoms with E-state index in [2.05, 4.69) is 19.2 Å². The molecule has 5 nitrogen and oxygen atoms in total. The number of nitrogens with zero attached hydrogens (tertiary/aromatic N) is 1. The molecule has 2 aliphatic rings. The van der Waals surface area contributed by atoms with Crippen LogP contribution in [0.25, 0.3) is 0 Å². The lowest BCUT2D eigenvalue weighted by Crippen LogP contribution is -2.53. The number of primary amides is 1. The first-order valence-corrected chi connectivity index (χ1v) is 8.31. The zero-order valence-corrected chi connectivity index (χ0v) is 13.3. The van der Waals surface area contributed by atoms with Crippen LogP contribution in [0.4, 0.5) is 0 Å². The average molecular weight is 295 g/mol. The molecule has 0 aromatic rings. The molecule has 0 unspecified atom stereocenters. The number of amides is 2. The molecule has 0 aromatic heterocycles. The average Bonchev–Trinajstić information content (AvgIpc) is 2.44. The van der Waals surface area contributed by atoms with Gasteiger partial charge in [-0.3, -0.25) is 14.5 Å². The normalized spacial score (nSPS) is 34.4. The molecule has 1 saturated carbocycles. The SMILES string of the molecule is C[C@@H]1[C@H](C)CCC[C@@H]1NC(=O)CN1CCCC[C@@H]1C(N)=O. The van der Waals surface area contributed by atoms with Gasteiger partial charge in [0.05, 0.1) is 12.6 Å². The number of hydrogen-bond acceptors (Lipinski definition) is 3. The Morgan fingerprint density at radius 3 is 2.62 bits per heavy atom. The van der Waals surface area contributed by atoms with E-state index in [-0.39, 0.29) is 23.9 Å². The molecule has 2 fully saturated rings. The van der Waals surface area contributed by atoms with Crippen molar-refractivity contribution in [3.8, 4) is 0 Å². The molecule has 21 heavy (non-hydrogen) atoms. The lowest BCUT2D eigenvalue weighted by Gasteiger charge is -2.36. The largest absolute Gasteiger partial charge is 0.368 e. The summed E-state index contributed by atoms with van der Waals surface area (Å²) in [6, 6.07) is 0.00488. The predicted octanol–water partition coefficient (Wildman–Crippen LogP) is 1.27. The van der Waals surface area contributed by atoms with Crippen molar-refractivity contribution in [2.24, 2.45) is 17.6 Å². The van der Waals surface area contributed by atoms with Gasteiger partial charge in [0.2, 0.25) is 11.8 Å². The zero-order chi connectivity index (χ0) is 15.4. The van der Waals surface area contributed by atoms with Gasteiger partial charge in [0, 0.05) is 6.04 Å². The van der Waals surface area contributed by atoms with E-state index in [1.165, 1.54) is 12.8 Å². The Balaban J connectivity index is 1.87. The van der Waals surface area contributed by atoms with Crippen LogP contribution in [0.2, 0.25) is 0 Å². The number of nitrogens with two attached hydrogens (primary N) is 1. The summed E-state index contributed by atoms with van der Waals surface area (Å²) in [7, 11) is 0. The lowest BCUT2D eigenvalue weighted by molar-refractivity contribution is -0.128. The Morgan fingerprint density at radius 2 is 1.90 bits per heavy atom. The highest BCUT2D eigenvalue weighted by Crippen LogP contribution is 2.29. The molecule has 4 atom stereocenters. The number of piperidine rings is 1. The second-order valence-corrected chi connectivity index (χ2v) is 6.83. The molecular formula is C16H29N3O2.